The van der Waals surface area contributed by atoms with Gasteiger partial charge in [0.05, 0.1) is 4.90 Å². The van der Waals surface area contributed by atoms with Gasteiger partial charge in [0.15, 0.2) is 5.96 Å². The van der Waals surface area contributed by atoms with Gasteiger partial charge in [-0.15, -0.1) is 24.0 Å². The Hall–Kier alpha value is -0.910. The van der Waals surface area contributed by atoms with Crippen LogP contribution in [0.25, 0.3) is 0 Å². The van der Waals surface area contributed by atoms with Gasteiger partial charge in [-0.25, -0.2) is 13.6 Å². The molecule has 0 saturated carbocycles. The Bertz CT molecular complexity index is 591. The summed E-state index contributed by atoms with van der Waals surface area (Å²) in [6.45, 7) is 4.93. The van der Waals surface area contributed by atoms with Crippen LogP contribution in [0, 0.1) is 0 Å². The number of nitrogens with two attached hydrogens (primary N) is 1. The van der Waals surface area contributed by atoms with Gasteiger partial charge in [0.2, 0.25) is 10.0 Å². The van der Waals surface area contributed by atoms with Crippen molar-refractivity contribution in [1.82, 2.24) is 10.6 Å². The van der Waals surface area contributed by atoms with Gasteiger partial charge in [0.25, 0.3) is 0 Å². The predicted molar refractivity (Wildman–Crippen MR) is 107 cm³/mol. The molecular weight excluding hydrogens is 443 g/mol. The normalized spacial score (nSPS) is 11.7. The van der Waals surface area contributed by atoms with Crippen molar-refractivity contribution >= 4 is 40.0 Å². The van der Waals surface area contributed by atoms with E-state index in [-0.39, 0.29) is 28.9 Å². The lowest BCUT2D eigenvalue weighted by Gasteiger charge is -2.12. The van der Waals surface area contributed by atoms with Crippen molar-refractivity contribution in [3.8, 4) is 0 Å². The monoisotopic (exact) mass is 470 g/mol. The van der Waals surface area contributed by atoms with Crippen LogP contribution < -0.4 is 15.8 Å². The van der Waals surface area contributed by atoms with Gasteiger partial charge < -0.3 is 15.4 Å². The molecule has 0 aliphatic rings. The van der Waals surface area contributed by atoms with Crippen molar-refractivity contribution in [2.45, 2.75) is 24.7 Å². The molecule has 7 nitrogen and oxygen atoms in total. The molecule has 0 atom stereocenters. The van der Waals surface area contributed by atoms with Gasteiger partial charge in [-0.3, -0.25) is 4.99 Å². The standard InChI is InChI=1S/C15H26N4O3S.HI/c1-3-22-12-4-10-18-15(17-2)19-11-9-13-5-7-14(8-6-13)23(16,20)21;/h5-8H,3-4,9-12H2,1-2H3,(H2,16,20,21)(H2,17,18,19);1H. The summed E-state index contributed by atoms with van der Waals surface area (Å²) in [5, 5.41) is 11.5. The molecule has 0 aliphatic heterocycles. The first-order valence-electron chi connectivity index (χ1n) is 7.61. The lowest BCUT2D eigenvalue weighted by molar-refractivity contribution is 0.145. The van der Waals surface area contributed by atoms with Crippen molar-refractivity contribution < 1.29 is 13.2 Å². The van der Waals surface area contributed by atoms with Crippen LogP contribution in [-0.2, 0) is 21.2 Å². The lowest BCUT2D eigenvalue weighted by Crippen LogP contribution is -2.39. The van der Waals surface area contributed by atoms with Crippen LogP contribution in [0.1, 0.15) is 18.9 Å². The predicted octanol–water partition coefficient (Wildman–Crippen LogP) is 1.09. The molecule has 1 rings (SSSR count). The topological polar surface area (TPSA) is 106 Å². The maximum Gasteiger partial charge on any atom is 0.238 e. The molecule has 0 saturated heterocycles. The van der Waals surface area contributed by atoms with Crippen LogP contribution in [0.2, 0.25) is 0 Å². The first-order chi connectivity index (χ1) is 11.0. The summed E-state index contributed by atoms with van der Waals surface area (Å²) in [4.78, 5) is 4.27. The zero-order valence-electron chi connectivity index (χ0n) is 14.1. The molecule has 0 fully saturated rings. The summed E-state index contributed by atoms with van der Waals surface area (Å²) in [5.41, 5.74) is 1.02. The highest BCUT2D eigenvalue weighted by Gasteiger charge is 2.06. The Morgan fingerprint density at radius 3 is 2.38 bits per heavy atom. The number of hydrogen-bond donors (Lipinski definition) is 3. The van der Waals surface area contributed by atoms with Gasteiger partial charge in [0.1, 0.15) is 0 Å². The smallest absolute Gasteiger partial charge is 0.238 e. The highest BCUT2D eigenvalue weighted by molar-refractivity contribution is 14.0. The Labute approximate surface area is 161 Å². The molecule has 0 aromatic heterocycles. The summed E-state index contributed by atoms with van der Waals surface area (Å²) in [6, 6.07) is 6.57. The van der Waals surface area contributed by atoms with Gasteiger partial charge in [-0.05, 0) is 37.5 Å². The number of nitrogens with one attached hydrogen (secondary N) is 2. The third-order valence-electron chi connectivity index (χ3n) is 3.14. The van der Waals surface area contributed by atoms with Crippen LogP contribution >= 0.6 is 24.0 Å². The zero-order chi connectivity index (χ0) is 17.1. The van der Waals surface area contributed by atoms with Crippen molar-refractivity contribution in [1.29, 1.82) is 0 Å². The number of primary sulfonamides is 1. The van der Waals surface area contributed by atoms with Crippen LogP contribution in [-0.4, -0.2) is 47.7 Å². The average molecular weight is 470 g/mol. The van der Waals surface area contributed by atoms with Crippen molar-refractivity contribution in [3.63, 3.8) is 0 Å². The maximum absolute atomic E-state index is 11.2. The van der Waals surface area contributed by atoms with Gasteiger partial charge in [-0.1, -0.05) is 12.1 Å². The molecule has 0 radical (unpaired) electrons. The Kier molecular flexibility index (Phi) is 12.0. The van der Waals surface area contributed by atoms with Crippen LogP contribution in [0.15, 0.2) is 34.2 Å². The SMILES string of the molecule is CCOCCCNC(=NC)NCCc1ccc(S(N)(=O)=O)cc1.I. The number of rotatable bonds is 9. The molecule has 0 amide bonds. The summed E-state index contributed by atoms with van der Waals surface area (Å²) in [5.74, 6) is 0.739. The Morgan fingerprint density at radius 2 is 1.83 bits per heavy atom. The van der Waals surface area contributed by atoms with E-state index in [0.717, 1.165) is 44.1 Å². The first-order valence-corrected chi connectivity index (χ1v) is 9.16. The fourth-order valence-corrected chi connectivity index (χ4v) is 2.43. The largest absolute Gasteiger partial charge is 0.382 e. The number of nitrogens with zero attached hydrogens (tertiary/aromatic N) is 1. The molecule has 0 spiro atoms. The quantitative estimate of drug-likeness (QED) is 0.217. The molecule has 138 valence electrons. The molecule has 0 unspecified atom stereocenters. The Balaban J connectivity index is 0.00000529. The molecule has 24 heavy (non-hydrogen) atoms. The molecule has 1 aromatic carbocycles. The van der Waals surface area contributed by atoms with Crippen LogP contribution in [0.3, 0.4) is 0 Å². The summed E-state index contributed by atoms with van der Waals surface area (Å²) in [6.07, 6.45) is 1.67. The van der Waals surface area contributed by atoms with E-state index in [9.17, 15) is 8.42 Å². The summed E-state index contributed by atoms with van der Waals surface area (Å²) in [7, 11) is -1.91. The van der Waals surface area contributed by atoms with Gasteiger partial charge in [-0.2, -0.15) is 0 Å². The van der Waals surface area contributed by atoms with Crippen LogP contribution in [0.4, 0.5) is 0 Å². The summed E-state index contributed by atoms with van der Waals surface area (Å²) >= 11 is 0. The second-order valence-electron chi connectivity index (χ2n) is 4.92. The molecular formula is C15H27IN4O3S. The first kappa shape index (κ1) is 23.1. The van der Waals surface area contributed by atoms with E-state index in [1.54, 1.807) is 19.2 Å². The maximum atomic E-state index is 11.2. The third-order valence-corrected chi connectivity index (χ3v) is 4.07. The number of hydrogen-bond acceptors (Lipinski definition) is 4. The van der Waals surface area contributed by atoms with Crippen LogP contribution in [0.5, 0.6) is 0 Å². The van der Waals surface area contributed by atoms with E-state index >= 15 is 0 Å². The van der Waals surface area contributed by atoms with Gasteiger partial charge in [0, 0.05) is 33.4 Å². The average Bonchev–Trinajstić information content (AvgIpc) is 2.52. The van der Waals surface area contributed by atoms with E-state index in [2.05, 4.69) is 15.6 Å². The van der Waals surface area contributed by atoms with E-state index in [0.29, 0.717) is 6.54 Å². The Morgan fingerprint density at radius 1 is 1.21 bits per heavy atom. The highest BCUT2D eigenvalue weighted by atomic mass is 127. The molecule has 1 aromatic rings. The fraction of sp³-hybridized carbons (Fsp3) is 0.533. The lowest BCUT2D eigenvalue weighted by atomic mass is 10.1. The number of aliphatic imine (C=N–C) groups is 1. The number of halogens is 1. The molecule has 4 N–H and O–H groups in total. The molecule has 9 heteroatoms. The summed E-state index contributed by atoms with van der Waals surface area (Å²) < 4.78 is 27.6. The number of guanidine groups is 1. The second-order valence-corrected chi connectivity index (χ2v) is 6.48. The van der Waals surface area contributed by atoms with E-state index in [1.807, 2.05) is 6.92 Å². The van der Waals surface area contributed by atoms with Crippen molar-refractivity contribution in [2.75, 3.05) is 33.4 Å². The number of sulfonamides is 1. The molecule has 0 bridgehead atoms. The van der Waals surface area contributed by atoms with Crippen molar-refractivity contribution in [3.05, 3.63) is 29.8 Å². The number of ether oxygens (including phenoxy) is 1. The molecule has 0 aliphatic carbocycles. The molecule has 0 heterocycles. The minimum Gasteiger partial charge on any atom is -0.382 e. The van der Waals surface area contributed by atoms with E-state index < -0.39 is 10.0 Å². The second kappa shape index (κ2) is 12.5. The third kappa shape index (κ3) is 9.40. The highest BCUT2D eigenvalue weighted by Crippen LogP contribution is 2.08. The minimum absolute atomic E-state index is 0. The van der Waals surface area contributed by atoms with E-state index in [4.69, 9.17) is 9.88 Å². The van der Waals surface area contributed by atoms with E-state index in [1.165, 1.54) is 12.1 Å². The van der Waals surface area contributed by atoms with Crippen molar-refractivity contribution in [2.24, 2.45) is 10.1 Å². The zero-order valence-corrected chi connectivity index (χ0v) is 17.3. The minimum atomic E-state index is -3.63. The van der Waals surface area contributed by atoms with Gasteiger partial charge >= 0.3 is 0 Å². The fourth-order valence-electron chi connectivity index (χ4n) is 1.92. The number of benzene rings is 1.